The first-order valence-electron chi connectivity index (χ1n) is 14.0. The molecule has 0 saturated carbocycles. The van der Waals surface area contributed by atoms with Crippen molar-refractivity contribution in [2.24, 2.45) is 0 Å². The highest BCUT2D eigenvalue weighted by atomic mass is 35.5. The quantitative estimate of drug-likeness (QED) is 0.102. The van der Waals surface area contributed by atoms with Crippen LogP contribution in [0.1, 0.15) is 26.7 Å². The van der Waals surface area contributed by atoms with E-state index in [-0.39, 0.29) is 22.2 Å². The highest BCUT2D eigenvalue weighted by molar-refractivity contribution is 8.00. The number of hydrogen-bond donors (Lipinski definition) is 3. The third-order valence-corrected chi connectivity index (χ3v) is 8.74. The predicted molar refractivity (Wildman–Crippen MR) is 183 cm³/mol. The third kappa shape index (κ3) is 8.43. The second-order valence-electron chi connectivity index (χ2n) is 9.88. The molecule has 0 aliphatic rings. The van der Waals surface area contributed by atoms with Crippen LogP contribution in [0.15, 0.2) is 138 Å². The van der Waals surface area contributed by atoms with Crippen LogP contribution < -0.4 is 16.0 Å². The number of nitrogens with one attached hydrogen (secondary N) is 3. The van der Waals surface area contributed by atoms with E-state index < -0.39 is 22.9 Å². The molecule has 0 aliphatic carbocycles. The van der Waals surface area contributed by atoms with Crippen LogP contribution in [-0.4, -0.2) is 17.7 Å². The predicted octanol–water partition coefficient (Wildman–Crippen LogP) is 9.01. The Balaban J connectivity index is 1.34. The van der Waals surface area contributed by atoms with Crippen molar-refractivity contribution < 1.29 is 18.8 Å². The summed E-state index contributed by atoms with van der Waals surface area (Å²) in [6.07, 6.45) is 1.28. The molecule has 5 rings (SSSR count). The molecule has 6 nitrogen and oxygen atoms in total. The first-order valence-corrected chi connectivity index (χ1v) is 15.6. The Hall–Kier alpha value is -4.89. The van der Waals surface area contributed by atoms with Crippen LogP contribution in [0.4, 0.5) is 15.8 Å². The van der Waals surface area contributed by atoms with Gasteiger partial charge < -0.3 is 16.0 Å². The van der Waals surface area contributed by atoms with E-state index in [9.17, 15) is 18.8 Å². The minimum Gasteiger partial charge on any atom is -0.323 e. The van der Waals surface area contributed by atoms with Crippen molar-refractivity contribution >= 4 is 70.1 Å². The van der Waals surface area contributed by atoms with Crippen molar-refractivity contribution in [3.8, 4) is 0 Å². The Morgan fingerprint density at radius 2 is 1.37 bits per heavy atom. The fourth-order valence-corrected chi connectivity index (χ4v) is 5.71. The first-order chi connectivity index (χ1) is 22.3. The third-order valence-electron chi connectivity index (χ3n) is 6.65. The zero-order valence-corrected chi connectivity index (χ0v) is 26.4. The number of amides is 3. The Kier molecular flexibility index (Phi) is 10.9. The molecular formula is C36H26Cl2FN3O3S. The van der Waals surface area contributed by atoms with Gasteiger partial charge in [0.2, 0.25) is 5.91 Å². The lowest BCUT2D eigenvalue weighted by Gasteiger charge is -2.18. The van der Waals surface area contributed by atoms with Gasteiger partial charge in [-0.25, -0.2) is 4.39 Å². The molecule has 1 unspecified atom stereocenters. The summed E-state index contributed by atoms with van der Waals surface area (Å²) in [5, 5.41) is 8.17. The van der Waals surface area contributed by atoms with E-state index in [1.165, 1.54) is 36.0 Å². The largest absolute Gasteiger partial charge is 0.323 e. The summed E-state index contributed by atoms with van der Waals surface area (Å²) >= 11 is 13.8. The smallest absolute Gasteiger partial charge is 0.272 e. The van der Waals surface area contributed by atoms with Crippen molar-refractivity contribution in [3.05, 3.63) is 166 Å². The Bertz CT molecular complexity index is 1890. The number of halogens is 3. The average Bonchev–Trinajstić information content (AvgIpc) is 3.07. The van der Waals surface area contributed by atoms with Gasteiger partial charge in [0.05, 0.1) is 15.7 Å². The van der Waals surface area contributed by atoms with Crippen LogP contribution in [0, 0.1) is 5.82 Å². The molecule has 0 fully saturated rings. The minimum atomic E-state index is -0.645. The standard InChI is InChI=1S/C36H26Cl2FN3O3S/c37-28-15-9-17-30(32(28)38)41-36(45)33(23-10-3-1-4-11-23)46-27-20-18-26(19-21-27)40-35(44)31(22-25-14-7-8-16-29(25)39)42-34(43)24-12-5-2-6-13-24/h1-22,33H,(H,40,44)(H,41,45)(H,42,43)/b31-22-. The van der Waals surface area contributed by atoms with Crippen LogP contribution in [0.2, 0.25) is 10.0 Å². The molecule has 5 aromatic carbocycles. The summed E-state index contributed by atoms with van der Waals surface area (Å²) < 4.78 is 14.5. The van der Waals surface area contributed by atoms with Gasteiger partial charge in [-0.2, -0.15) is 0 Å². The number of hydrogen-bond acceptors (Lipinski definition) is 4. The van der Waals surface area contributed by atoms with E-state index in [1.807, 2.05) is 30.3 Å². The number of carbonyl (C=O) groups excluding carboxylic acids is 3. The van der Waals surface area contributed by atoms with E-state index in [0.29, 0.717) is 22.0 Å². The lowest BCUT2D eigenvalue weighted by atomic mass is 10.1. The van der Waals surface area contributed by atoms with Crippen LogP contribution >= 0.6 is 35.0 Å². The summed E-state index contributed by atoms with van der Waals surface area (Å²) in [7, 11) is 0. The Labute approximate surface area is 279 Å². The molecule has 0 spiro atoms. The molecule has 3 amide bonds. The van der Waals surface area contributed by atoms with Crippen LogP contribution in [0.3, 0.4) is 0 Å². The molecule has 46 heavy (non-hydrogen) atoms. The SMILES string of the molecule is O=C(Nc1ccc(SC(C(=O)Nc2cccc(Cl)c2Cl)c2ccccc2)cc1)/C(=C/c1ccccc1F)NC(=O)c1ccccc1. The zero-order chi connectivity index (χ0) is 32.5. The van der Waals surface area contributed by atoms with Gasteiger partial charge in [-0.15, -0.1) is 11.8 Å². The van der Waals surface area contributed by atoms with Crippen molar-refractivity contribution in [1.29, 1.82) is 0 Å². The van der Waals surface area contributed by atoms with Gasteiger partial charge in [0.25, 0.3) is 11.8 Å². The number of thioether (sulfide) groups is 1. The summed E-state index contributed by atoms with van der Waals surface area (Å²) in [6.45, 7) is 0. The number of carbonyl (C=O) groups is 3. The fraction of sp³-hybridized carbons (Fsp3) is 0.0278. The highest BCUT2D eigenvalue weighted by Crippen LogP contribution is 2.38. The average molecular weight is 671 g/mol. The van der Waals surface area contributed by atoms with Gasteiger partial charge in [0.15, 0.2) is 0 Å². The van der Waals surface area contributed by atoms with Crippen LogP contribution in [-0.2, 0) is 9.59 Å². The van der Waals surface area contributed by atoms with Crippen molar-refractivity contribution in [2.75, 3.05) is 10.6 Å². The maximum atomic E-state index is 14.5. The highest BCUT2D eigenvalue weighted by Gasteiger charge is 2.23. The lowest BCUT2D eigenvalue weighted by Crippen LogP contribution is -2.30. The molecule has 0 heterocycles. The Morgan fingerprint density at radius 3 is 2.07 bits per heavy atom. The molecule has 5 aromatic rings. The van der Waals surface area contributed by atoms with Gasteiger partial charge in [0, 0.05) is 21.7 Å². The number of benzene rings is 5. The maximum absolute atomic E-state index is 14.5. The zero-order valence-electron chi connectivity index (χ0n) is 24.0. The molecule has 3 N–H and O–H groups in total. The van der Waals surface area contributed by atoms with Gasteiger partial charge >= 0.3 is 0 Å². The first kappa shape index (κ1) is 32.5. The van der Waals surface area contributed by atoms with Crippen molar-refractivity contribution in [1.82, 2.24) is 5.32 Å². The van der Waals surface area contributed by atoms with E-state index in [0.717, 1.165) is 10.5 Å². The molecule has 10 heteroatoms. The van der Waals surface area contributed by atoms with E-state index in [1.54, 1.807) is 78.9 Å². The lowest BCUT2D eigenvalue weighted by molar-refractivity contribution is -0.116. The minimum absolute atomic E-state index is 0.136. The summed E-state index contributed by atoms with van der Waals surface area (Å²) in [5.74, 6) is -2.00. The molecule has 0 aromatic heterocycles. The molecule has 0 aliphatic heterocycles. The Morgan fingerprint density at radius 1 is 0.717 bits per heavy atom. The van der Waals surface area contributed by atoms with E-state index in [2.05, 4.69) is 16.0 Å². The molecule has 0 radical (unpaired) electrons. The molecular weight excluding hydrogens is 644 g/mol. The van der Waals surface area contributed by atoms with Gasteiger partial charge in [-0.05, 0) is 66.2 Å². The second-order valence-corrected chi connectivity index (χ2v) is 11.8. The molecule has 230 valence electrons. The monoisotopic (exact) mass is 669 g/mol. The summed E-state index contributed by atoms with van der Waals surface area (Å²) in [5.41, 5.74) is 1.94. The molecule has 0 saturated heterocycles. The summed E-state index contributed by atoms with van der Waals surface area (Å²) in [4.78, 5) is 40.5. The van der Waals surface area contributed by atoms with Crippen molar-refractivity contribution in [3.63, 3.8) is 0 Å². The fourth-order valence-electron chi connectivity index (χ4n) is 4.34. The topological polar surface area (TPSA) is 87.3 Å². The van der Waals surface area contributed by atoms with E-state index >= 15 is 0 Å². The van der Waals surface area contributed by atoms with Crippen molar-refractivity contribution in [2.45, 2.75) is 10.1 Å². The van der Waals surface area contributed by atoms with Gasteiger partial charge in [-0.1, -0.05) is 96.0 Å². The normalized spacial score (nSPS) is 11.8. The van der Waals surface area contributed by atoms with E-state index in [4.69, 9.17) is 23.2 Å². The van der Waals surface area contributed by atoms with Crippen LogP contribution in [0.5, 0.6) is 0 Å². The molecule has 0 bridgehead atoms. The molecule has 1 atom stereocenters. The summed E-state index contributed by atoms with van der Waals surface area (Å²) in [6, 6.07) is 35.5. The van der Waals surface area contributed by atoms with Gasteiger partial charge in [0.1, 0.15) is 16.8 Å². The number of rotatable bonds is 10. The second kappa shape index (κ2) is 15.4. The number of anilines is 2. The maximum Gasteiger partial charge on any atom is 0.272 e. The van der Waals surface area contributed by atoms with Crippen LogP contribution in [0.25, 0.3) is 6.08 Å². The van der Waals surface area contributed by atoms with Gasteiger partial charge in [-0.3, -0.25) is 14.4 Å².